The Morgan fingerprint density at radius 2 is 1.39 bits per heavy atom. The second kappa shape index (κ2) is 10.2. The number of aromatic nitrogens is 6. The molecule has 0 saturated carbocycles. The van der Waals surface area contributed by atoms with Gasteiger partial charge in [0.2, 0.25) is 5.82 Å². The molecule has 0 unspecified atom stereocenters. The van der Waals surface area contributed by atoms with Crippen LogP contribution in [0.4, 0.5) is 33.1 Å². The van der Waals surface area contributed by atoms with E-state index in [1.165, 1.54) is 0 Å². The van der Waals surface area contributed by atoms with Crippen LogP contribution in [0, 0.1) is 19.7 Å². The molecule has 2 aromatic heterocycles. The van der Waals surface area contributed by atoms with Crippen LogP contribution in [0.3, 0.4) is 0 Å². The molecule has 0 bridgehead atoms. The molecule has 0 aliphatic carbocycles. The monoisotopic (exact) mass is 531 g/mol. The van der Waals surface area contributed by atoms with Crippen LogP contribution < -0.4 is 15.4 Å². The van der Waals surface area contributed by atoms with Gasteiger partial charge in [-0.3, -0.25) is 4.72 Å². The standard InChI is InChI=1S/C25H22FN9O2S/c1-15-3-5-17(6-4-15)29-23-14-24(28-16(2)27-23)30-18-7-9-19(10-8-18)33-38(36,37)20-11-12-22(26)21(13-20)25-31-34-35-32-25/h3-14,33H,1-2H3,(H2,27,28,29,30)(H,31,32,34,35). The first-order chi connectivity index (χ1) is 18.2. The maximum Gasteiger partial charge on any atom is 0.261 e. The second-order valence-electron chi connectivity index (χ2n) is 8.36. The number of halogens is 1. The smallest absolute Gasteiger partial charge is 0.261 e. The molecule has 0 saturated heterocycles. The van der Waals surface area contributed by atoms with E-state index in [2.05, 4.69) is 45.9 Å². The molecule has 5 rings (SSSR count). The lowest BCUT2D eigenvalue weighted by molar-refractivity contribution is 0.600. The van der Waals surface area contributed by atoms with Crippen LogP contribution in [-0.2, 0) is 10.0 Å². The summed E-state index contributed by atoms with van der Waals surface area (Å²) in [6, 6.07) is 19.7. The average molecular weight is 532 g/mol. The highest BCUT2D eigenvalue weighted by Gasteiger charge is 2.19. The largest absolute Gasteiger partial charge is 0.340 e. The molecule has 0 atom stereocenters. The molecule has 4 N–H and O–H groups in total. The fraction of sp³-hybridized carbons (Fsp3) is 0.0800. The Labute approximate surface area is 217 Å². The van der Waals surface area contributed by atoms with Gasteiger partial charge in [0.15, 0.2) is 0 Å². The predicted octanol–water partition coefficient (Wildman–Crippen LogP) is 4.70. The summed E-state index contributed by atoms with van der Waals surface area (Å²) >= 11 is 0. The summed E-state index contributed by atoms with van der Waals surface area (Å²) in [5, 5.41) is 19.5. The van der Waals surface area contributed by atoms with Gasteiger partial charge in [0.1, 0.15) is 23.3 Å². The molecule has 192 valence electrons. The van der Waals surface area contributed by atoms with Gasteiger partial charge in [-0.1, -0.05) is 17.7 Å². The highest BCUT2D eigenvalue weighted by molar-refractivity contribution is 7.92. The molecule has 0 radical (unpaired) electrons. The third-order valence-corrected chi connectivity index (χ3v) is 6.78. The molecule has 0 spiro atoms. The van der Waals surface area contributed by atoms with Crippen LogP contribution >= 0.6 is 0 Å². The number of H-pyrrole nitrogens is 1. The van der Waals surface area contributed by atoms with Crippen molar-refractivity contribution >= 4 is 38.7 Å². The Hall–Kier alpha value is -4.91. The maximum atomic E-state index is 14.2. The van der Waals surface area contributed by atoms with Crippen LogP contribution in [0.25, 0.3) is 11.4 Å². The number of hydrogen-bond donors (Lipinski definition) is 4. The van der Waals surface area contributed by atoms with Gasteiger partial charge in [-0.05, 0) is 73.7 Å². The zero-order chi connectivity index (χ0) is 26.7. The van der Waals surface area contributed by atoms with E-state index in [9.17, 15) is 12.8 Å². The molecule has 0 fully saturated rings. The summed E-state index contributed by atoms with van der Waals surface area (Å²) in [5.41, 5.74) is 2.99. The van der Waals surface area contributed by atoms with Gasteiger partial charge in [-0.15, -0.1) is 10.2 Å². The van der Waals surface area contributed by atoms with Gasteiger partial charge in [0, 0.05) is 23.1 Å². The van der Waals surface area contributed by atoms with Gasteiger partial charge < -0.3 is 10.6 Å². The van der Waals surface area contributed by atoms with Crippen molar-refractivity contribution in [3.05, 3.63) is 90.0 Å². The summed E-state index contributed by atoms with van der Waals surface area (Å²) in [4.78, 5) is 8.70. The molecule has 3 aromatic carbocycles. The Morgan fingerprint density at radius 3 is 2.00 bits per heavy atom. The summed E-state index contributed by atoms with van der Waals surface area (Å²) in [5.74, 6) is 1.06. The molecule has 5 aromatic rings. The number of nitrogens with zero attached hydrogens (tertiary/aromatic N) is 5. The lowest BCUT2D eigenvalue weighted by Crippen LogP contribution is -2.13. The van der Waals surface area contributed by atoms with Crippen molar-refractivity contribution in [1.29, 1.82) is 0 Å². The van der Waals surface area contributed by atoms with Gasteiger partial charge in [0.25, 0.3) is 10.0 Å². The van der Waals surface area contributed by atoms with E-state index in [-0.39, 0.29) is 16.3 Å². The highest BCUT2D eigenvalue weighted by atomic mass is 32.2. The topological polar surface area (TPSA) is 150 Å². The minimum atomic E-state index is -4.01. The number of sulfonamides is 1. The first-order valence-corrected chi connectivity index (χ1v) is 12.9. The third kappa shape index (κ3) is 5.73. The Balaban J connectivity index is 1.29. The molecule has 11 nitrogen and oxygen atoms in total. The Bertz CT molecular complexity index is 1680. The first-order valence-electron chi connectivity index (χ1n) is 11.4. The number of tetrazole rings is 1. The normalized spacial score (nSPS) is 11.2. The van der Waals surface area contributed by atoms with Crippen molar-refractivity contribution in [3.8, 4) is 11.4 Å². The molecule has 0 amide bonds. The summed E-state index contributed by atoms with van der Waals surface area (Å²) in [7, 11) is -4.01. The Kier molecular flexibility index (Phi) is 6.66. The van der Waals surface area contributed by atoms with Crippen LogP contribution in [-0.4, -0.2) is 39.0 Å². The number of hydrogen-bond acceptors (Lipinski definition) is 9. The third-order valence-electron chi connectivity index (χ3n) is 5.41. The zero-order valence-electron chi connectivity index (χ0n) is 20.3. The summed E-state index contributed by atoms with van der Waals surface area (Å²) < 4.78 is 42.5. The van der Waals surface area contributed by atoms with Crippen LogP contribution in [0.2, 0.25) is 0 Å². The van der Waals surface area contributed by atoms with Crippen molar-refractivity contribution in [2.45, 2.75) is 18.7 Å². The van der Waals surface area contributed by atoms with Crippen LogP contribution in [0.5, 0.6) is 0 Å². The predicted molar refractivity (Wildman–Crippen MR) is 141 cm³/mol. The van der Waals surface area contributed by atoms with Gasteiger partial charge in [-0.2, -0.15) is 5.21 Å². The lowest BCUT2D eigenvalue weighted by atomic mass is 10.2. The highest BCUT2D eigenvalue weighted by Crippen LogP contribution is 2.26. The minimum absolute atomic E-state index is 0.0489. The van der Waals surface area contributed by atoms with Crippen LogP contribution in [0.15, 0.2) is 77.7 Å². The van der Waals surface area contributed by atoms with Gasteiger partial charge in [-0.25, -0.2) is 22.8 Å². The molecular formula is C25H22FN9O2S. The molecule has 2 heterocycles. The molecule has 38 heavy (non-hydrogen) atoms. The quantitative estimate of drug-likeness (QED) is 0.223. The fourth-order valence-corrected chi connectivity index (χ4v) is 4.67. The van der Waals surface area contributed by atoms with E-state index in [0.29, 0.717) is 28.8 Å². The van der Waals surface area contributed by atoms with Crippen LogP contribution in [0.1, 0.15) is 11.4 Å². The summed E-state index contributed by atoms with van der Waals surface area (Å²) in [6.07, 6.45) is 0. The lowest BCUT2D eigenvalue weighted by Gasteiger charge is -2.12. The van der Waals surface area contributed by atoms with Crippen molar-refractivity contribution in [3.63, 3.8) is 0 Å². The fourth-order valence-electron chi connectivity index (χ4n) is 3.58. The van der Waals surface area contributed by atoms with E-state index >= 15 is 0 Å². The van der Waals surface area contributed by atoms with E-state index in [1.54, 1.807) is 37.3 Å². The van der Waals surface area contributed by atoms with E-state index < -0.39 is 15.8 Å². The number of nitrogens with one attached hydrogen (secondary N) is 4. The molecule has 0 aliphatic heterocycles. The SMILES string of the molecule is Cc1ccc(Nc2cc(Nc3ccc(NS(=O)(=O)c4ccc(F)c(-c5nn[nH]n5)c4)cc3)nc(C)n2)cc1. The second-order valence-corrected chi connectivity index (χ2v) is 10.0. The van der Waals surface area contributed by atoms with Gasteiger partial charge in [0.05, 0.1) is 10.5 Å². The average Bonchev–Trinajstić information content (AvgIpc) is 3.41. The van der Waals surface area contributed by atoms with Crippen molar-refractivity contribution in [1.82, 2.24) is 30.6 Å². The molecule has 0 aliphatic rings. The van der Waals surface area contributed by atoms with E-state index in [0.717, 1.165) is 29.4 Å². The van der Waals surface area contributed by atoms with Gasteiger partial charge >= 0.3 is 0 Å². The van der Waals surface area contributed by atoms with Crippen molar-refractivity contribution in [2.75, 3.05) is 15.4 Å². The molecular weight excluding hydrogens is 509 g/mol. The first kappa shape index (κ1) is 24.8. The van der Waals surface area contributed by atoms with E-state index in [1.807, 2.05) is 31.2 Å². The number of benzene rings is 3. The minimum Gasteiger partial charge on any atom is -0.340 e. The number of rotatable bonds is 8. The molecule has 13 heteroatoms. The maximum absolute atomic E-state index is 14.2. The van der Waals surface area contributed by atoms with Crippen molar-refractivity contribution in [2.24, 2.45) is 0 Å². The summed E-state index contributed by atoms with van der Waals surface area (Å²) in [6.45, 7) is 3.82. The number of aryl methyl sites for hydroxylation is 2. The van der Waals surface area contributed by atoms with E-state index in [4.69, 9.17) is 0 Å². The van der Waals surface area contributed by atoms with Crippen molar-refractivity contribution < 1.29 is 12.8 Å². The number of aromatic amines is 1. The number of anilines is 5. The zero-order valence-corrected chi connectivity index (χ0v) is 21.1. The Morgan fingerprint density at radius 1 is 0.789 bits per heavy atom.